The average molecular weight is 431 g/mol. The van der Waals surface area contributed by atoms with Crippen molar-refractivity contribution < 1.29 is 19.4 Å². The van der Waals surface area contributed by atoms with Crippen LogP contribution in [0.5, 0.6) is 11.5 Å². The smallest absolute Gasteiger partial charge is 0.416 e. The molecule has 7 heteroatoms. The molecule has 0 radical (unpaired) electrons. The van der Waals surface area contributed by atoms with Crippen molar-refractivity contribution in [1.29, 1.82) is 0 Å². The Morgan fingerprint density at radius 1 is 1.12 bits per heavy atom. The second-order valence-corrected chi connectivity index (χ2v) is 8.10. The summed E-state index contributed by atoms with van der Waals surface area (Å²) in [5.74, 6) is 1.89. The van der Waals surface area contributed by atoms with Gasteiger partial charge in [-0.25, -0.2) is 14.3 Å². The monoisotopic (exact) mass is 431 g/mol. The lowest BCUT2D eigenvalue weighted by Crippen LogP contribution is -2.19. The summed E-state index contributed by atoms with van der Waals surface area (Å²) in [6.45, 7) is 4.09. The number of fused-ring (bicyclic) bond motifs is 3. The van der Waals surface area contributed by atoms with Gasteiger partial charge in [-0.15, -0.1) is 0 Å². The summed E-state index contributed by atoms with van der Waals surface area (Å²) in [4.78, 5) is 19.3. The van der Waals surface area contributed by atoms with Gasteiger partial charge < -0.3 is 19.5 Å². The van der Waals surface area contributed by atoms with Gasteiger partial charge in [0.2, 0.25) is 0 Å². The molecule has 32 heavy (non-hydrogen) atoms. The standard InChI is InChI=1S/C25H25N3O4/c1-16-14-26-24(27-10-6-7-11-27)22-18-12-20(31-2)21(32-15-17-8-4-3-5-9-17)13-19(18)28(23(16)22)25(29)30/h3-5,8-9,12-14H,6-7,10-11,15H2,1-2H3,(H,29,30). The number of ether oxygens (including phenoxy) is 2. The molecule has 1 aliphatic rings. The number of carbonyl (C=O) groups is 1. The van der Waals surface area contributed by atoms with Crippen molar-refractivity contribution in [2.45, 2.75) is 26.4 Å². The molecule has 0 bridgehead atoms. The molecule has 1 fully saturated rings. The first-order valence-electron chi connectivity index (χ1n) is 10.7. The number of aromatic nitrogens is 2. The molecule has 0 atom stereocenters. The topological polar surface area (TPSA) is 76.8 Å². The van der Waals surface area contributed by atoms with Crippen molar-refractivity contribution in [2.75, 3.05) is 25.1 Å². The lowest BCUT2D eigenvalue weighted by Gasteiger charge is -2.18. The number of rotatable bonds is 5. The van der Waals surface area contributed by atoms with E-state index in [9.17, 15) is 9.90 Å². The van der Waals surface area contributed by atoms with Gasteiger partial charge in [0.1, 0.15) is 12.4 Å². The lowest BCUT2D eigenvalue weighted by molar-refractivity contribution is 0.198. The van der Waals surface area contributed by atoms with E-state index in [4.69, 9.17) is 14.5 Å². The number of anilines is 1. The molecule has 1 aliphatic heterocycles. The second-order valence-electron chi connectivity index (χ2n) is 8.10. The molecule has 2 aromatic carbocycles. The van der Waals surface area contributed by atoms with Gasteiger partial charge in [0.15, 0.2) is 11.5 Å². The highest BCUT2D eigenvalue weighted by molar-refractivity contribution is 6.18. The Labute approximate surface area is 185 Å². The third-order valence-electron chi connectivity index (χ3n) is 6.06. The quantitative estimate of drug-likeness (QED) is 0.467. The molecular weight excluding hydrogens is 406 g/mol. The molecule has 0 amide bonds. The maximum absolute atomic E-state index is 12.4. The zero-order chi connectivity index (χ0) is 22.2. The van der Waals surface area contributed by atoms with Crippen molar-refractivity contribution in [1.82, 2.24) is 9.55 Å². The fourth-order valence-corrected chi connectivity index (χ4v) is 4.55. The second kappa shape index (κ2) is 8.07. The van der Waals surface area contributed by atoms with E-state index in [-0.39, 0.29) is 0 Å². The van der Waals surface area contributed by atoms with Crippen molar-refractivity contribution in [3.63, 3.8) is 0 Å². The van der Waals surface area contributed by atoms with Gasteiger partial charge in [-0.2, -0.15) is 0 Å². The highest BCUT2D eigenvalue weighted by Gasteiger charge is 2.26. The molecule has 0 aliphatic carbocycles. The summed E-state index contributed by atoms with van der Waals surface area (Å²) < 4.78 is 13.0. The molecule has 3 heterocycles. The number of methoxy groups -OCH3 is 1. The van der Waals surface area contributed by atoms with Gasteiger partial charge in [0.25, 0.3) is 0 Å². The Kier molecular flexibility index (Phi) is 5.09. The summed E-state index contributed by atoms with van der Waals surface area (Å²) >= 11 is 0. The molecule has 7 nitrogen and oxygen atoms in total. The minimum Gasteiger partial charge on any atom is -0.493 e. The third kappa shape index (κ3) is 3.30. The Morgan fingerprint density at radius 2 is 1.88 bits per heavy atom. The number of nitrogens with zero attached hydrogens (tertiary/aromatic N) is 3. The van der Waals surface area contributed by atoms with Crippen molar-refractivity contribution >= 4 is 33.7 Å². The number of benzene rings is 2. The fraction of sp³-hybridized carbons (Fsp3) is 0.280. The van der Waals surface area contributed by atoms with Crippen LogP contribution in [0.1, 0.15) is 24.0 Å². The van der Waals surface area contributed by atoms with Crippen molar-refractivity contribution in [3.05, 3.63) is 59.8 Å². The summed E-state index contributed by atoms with van der Waals surface area (Å²) in [6, 6.07) is 13.5. The van der Waals surface area contributed by atoms with E-state index >= 15 is 0 Å². The summed E-state index contributed by atoms with van der Waals surface area (Å²) in [7, 11) is 1.60. The number of hydrogen-bond donors (Lipinski definition) is 1. The van der Waals surface area contributed by atoms with Crippen LogP contribution >= 0.6 is 0 Å². The average Bonchev–Trinajstić information content (AvgIpc) is 3.45. The highest BCUT2D eigenvalue weighted by Crippen LogP contribution is 2.42. The normalized spacial score (nSPS) is 13.8. The first-order chi connectivity index (χ1) is 15.6. The molecule has 5 rings (SSSR count). The summed E-state index contributed by atoms with van der Waals surface area (Å²) in [6.07, 6.45) is 2.94. The van der Waals surface area contributed by atoms with Gasteiger partial charge in [-0.3, -0.25) is 0 Å². The Balaban J connectivity index is 1.73. The van der Waals surface area contributed by atoms with Crippen LogP contribution in [-0.4, -0.2) is 41.0 Å². The zero-order valence-corrected chi connectivity index (χ0v) is 18.2. The van der Waals surface area contributed by atoms with Gasteiger partial charge in [0, 0.05) is 30.7 Å². The first-order valence-corrected chi connectivity index (χ1v) is 10.7. The van der Waals surface area contributed by atoms with E-state index in [1.165, 1.54) is 4.57 Å². The van der Waals surface area contributed by atoms with Gasteiger partial charge in [-0.1, -0.05) is 30.3 Å². The summed E-state index contributed by atoms with van der Waals surface area (Å²) in [5.41, 5.74) is 3.05. The molecular formula is C25H25N3O4. The summed E-state index contributed by atoms with van der Waals surface area (Å²) in [5, 5.41) is 11.8. The van der Waals surface area contributed by atoms with Crippen molar-refractivity contribution in [3.8, 4) is 11.5 Å². The molecule has 2 aromatic heterocycles. The van der Waals surface area contributed by atoms with Crippen LogP contribution in [0.4, 0.5) is 10.6 Å². The minimum absolute atomic E-state index is 0.357. The fourth-order valence-electron chi connectivity index (χ4n) is 4.55. The lowest BCUT2D eigenvalue weighted by atomic mass is 10.1. The number of hydrogen-bond acceptors (Lipinski definition) is 5. The SMILES string of the molecule is COc1cc2c3c(N4CCCC4)ncc(C)c3n(C(=O)O)c2cc1OCc1ccccc1. The Morgan fingerprint density at radius 3 is 2.56 bits per heavy atom. The molecule has 1 N–H and O–H groups in total. The van der Waals surface area contributed by atoms with Crippen LogP contribution in [0.15, 0.2) is 48.7 Å². The predicted octanol–water partition coefficient (Wildman–Crippen LogP) is 5.21. The van der Waals surface area contributed by atoms with Crippen LogP contribution in [0.25, 0.3) is 21.8 Å². The number of aryl methyl sites for hydroxylation is 1. The van der Waals surface area contributed by atoms with E-state index in [1.54, 1.807) is 19.4 Å². The van der Waals surface area contributed by atoms with E-state index in [1.807, 2.05) is 43.3 Å². The molecule has 0 unspecified atom stereocenters. The highest BCUT2D eigenvalue weighted by atomic mass is 16.5. The largest absolute Gasteiger partial charge is 0.493 e. The maximum atomic E-state index is 12.4. The van der Waals surface area contributed by atoms with Gasteiger partial charge >= 0.3 is 6.09 Å². The Bertz CT molecular complexity index is 1310. The number of carboxylic acid groups (broad SMARTS) is 1. The van der Waals surface area contributed by atoms with E-state index in [0.29, 0.717) is 29.1 Å². The predicted molar refractivity (Wildman–Crippen MR) is 124 cm³/mol. The van der Waals surface area contributed by atoms with Crippen LogP contribution in [0, 0.1) is 6.92 Å². The molecule has 1 saturated heterocycles. The first kappa shape index (κ1) is 20.2. The van der Waals surface area contributed by atoms with E-state index < -0.39 is 6.09 Å². The molecule has 4 aromatic rings. The van der Waals surface area contributed by atoms with Crippen LogP contribution < -0.4 is 14.4 Å². The number of pyridine rings is 1. The van der Waals surface area contributed by atoms with Gasteiger partial charge in [0.05, 0.1) is 23.5 Å². The Hall–Kier alpha value is -3.74. The van der Waals surface area contributed by atoms with Crippen LogP contribution in [-0.2, 0) is 6.61 Å². The van der Waals surface area contributed by atoms with E-state index in [0.717, 1.165) is 53.6 Å². The molecule has 164 valence electrons. The van der Waals surface area contributed by atoms with E-state index in [2.05, 4.69) is 4.90 Å². The van der Waals surface area contributed by atoms with Crippen LogP contribution in [0.2, 0.25) is 0 Å². The zero-order valence-electron chi connectivity index (χ0n) is 18.2. The molecule has 0 saturated carbocycles. The minimum atomic E-state index is -1.04. The van der Waals surface area contributed by atoms with Gasteiger partial charge in [-0.05, 0) is 37.0 Å². The molecule has 0 spiro atoms. The third-order valence-corrected chi connectivity index (χ3v) is 6.06. The van der Waals surface area contributed by atoms with Crippen molar-refractivity contribution in [2.24, 2.45) is 0 Å². The maximum Gasteiger partial charge on any atom is 0.416 e. The van der Waals surface area contributed by atoms with Crippen LogP contribution in [0.3, 0.4) is 0 Å².